The second-order valence-corrected chi connectivity index (χ2v) is 6.20. The van der Waals surface area contributed by atoms with Crippen LogP contribution in [0.1, 0.15) is 24.0 Å². The van der Waals surface area contributed by atoms with Crippen LogP contribution in [0, 0.1) is 11.3 Å². The summed E-state index contributed by atoms with van der Waals surface area (Å²) in [5.74, 6) is 0.0157. The summed E-state index contributed by atoms with van der Waals surface area (Å²) in [6, 6.07) is 19.7. The minimum Gasteiger partial charge on any atom is -0.381 e. The number of rotatable bonds is 4. The van der Waals surface area contributed by atoms with Crippen molar-refractivity contribution in [3.8, 4) is 6.07 Å². The maximum absolute atomic E-state index is 12.5. The molecule has 0 aliphatic carbocycles. The van der Waals surface area contributed by atoms with Crippen molar-refractivity contribution in [2.24, 2.45) is 0 Å². The number of benzene rings is 2. The maximum atomic E-state index is 12.5. The summed E-state index contributed by atoms with van der Waals surface area (Å²) in [4.78, 5) is 14.4. The molecule has 1 unspecified atom stereocenters. The van der Waals surface area contributed by atoms with Gasteiger partial charge in [-0.1, -0.05) is 30.3 Å². The van der Waals surface area contributed by atoms with Crippen LogP contribution in [-0.2, 0) is 4.79 Å². The summed E-state index contributed by atoms with van der Waals surface area (Å²) in [6.45, 7) is 1.49. The van der Waals surface area contributed by atoms with E-state index in [-0.39, 0.29) is 11.9 Å². The molecule has 4 nitrogen and oxygen atoms in total. The van der Waals surface area contributed by atoms with E-state index in [0.717, 1.165) is 30.6 Å². The number of hydrogen-bond donors (Lipinski definition) is 1. The normalized spacial score (nSPS) is 17.2. The molecule has 4 heteroatoms. The molecule has 0 radical (unpaired) electrons. The van der Waals surface area contributed by atoms with Gasteiger partial charge in [0.2, 0.25) is 5.91 Å². The van der Waals surface area contributed by atoms with E-state index in [4.69, 9.17) is 5.26 Å². The summed E-state index contributed by atoms with van der Waals surface area (Å²) >= 11 is 0. The fourth-order valence-electron chi connectivity index (χ4n) is 3.05. The second kappa shape index (κ2) is 8.16. The fourth-order valence-corrected chi connectivity index (χ4v) is 3.05. The van der Waals surface area contributed by atoms with Crippen molar-refractivity contribution >= 4 is 17.7 Å². The van der Waals surface area contributed by atoms with Crippen molar-refractivity contribution in [2.45, 2.75) is 18.9 Å². The number of anilines is 1. The number of piperidine rings is 1. The third kappa shape index (κ3) is 4.71. The van der Waals surface area contributed by atoms with E-state index < -0.39 is 0 Å². The molecule has 1 saturated heterocycles. The monoisotopic (exact) mass is 331 g/mol. The highest BCUT2D eigenvalue weighted by atomic mass is 16.2. The number of nitrogens with one attached hydrogen (secondary N) is 1. The van der Waals surface area contributed by atoms with Crippen LogP contribution in [0.25, 0.3) is 6.08 Å². The van der Waals surface area contributed by atoms with Gasteiger partial charge >= 0.3 is 0 Å². The van der Waals surface area contributed by atoms with Gasteiger partial charge < -0.3 is 10.2 Å². The summed E-state index contributed by atoms with van der Waals surface area (Å²) in [5.41, 5.74) is 2.55. The Bertz CT molecular complexity index is 792. The molecule has 1 heterocycles. The van der Waals surface area contributed by atoms with Gasteiger partial charge in [-0.3, -0.25) is 4.79 Å². The van der Waals surface area contributed by atoms with Gasteiger partial charge in [0.15, 0.2) is 0 Å². The first-order valence-electron chi connectivity index (χ1n) is 8.53. The molecule has 0 aromatic heterocycles. The van der Waals surface area contributed by atoms with Crippen molar-refractivity contribution < 1.29 is 4.79 Å². The number of amides is 1. The van der Waals surface area contributed by atoms with Gasteiger partial charge in [-0.25, -0.2) is 0 Å². The maximum Gasteiger partial charge on any atom is 0.246 e. The molecule has 1 amide bonds. The Kier molecular flexibility index (Phi) is 5.48. The van der Waals surface area contributed by atoms with Crippen LogP contribution in [0.3, 0.4) is 0 Å². The standard InChI is InChI=1S/C21H21N3O/c22-15-18-7-4-6-17(14-18)11-12-21(25)24-13-5-10-20(16-24)23-19-8-2-1-3-9-19/h1-4,6-9,11-12,14,20,23H,5,10,13,16H2/b12-11+. The zero-order valence-electron chi connectivity index (χ0n) is 14.1. The van der Waals surface area contributed by atoms with Crippen molar-refractivity contribution in [1.29, 1.82) is 5.26 Å². The molecule has 3 rings (SSSR count). The highest BCUT2D eigenvalue weighted by molar-refractivity contribution is 5.92. The van der Waals surface area contributed by atoms with Crippen molar-refractivity contribution in [3.63, 3.8) is 0 Å². The predicted octanol–water partition coefficient (Wildman–Crippen LogP) is 3.67. The van der Waals surface area contributed by atoms with Crippen molar-refractivity contribution in [1.82, 2.24) is 4.90 Å². The minimum atomic E-state index is 0.0157. The van der Waals surface area contributed by atoms with Gasteiger partial charge in [0.05, 0.1) is 11.6 Å². The molecule has 1 atom stereocenters. The van der Waals surface area contributed by atoms with E-state index in [0.29, 0.717) is 12.1 Å². The van der Waals surface area contributed by atoms with Crippen LogP contribution in [0.5, 0.6) is 0 Å². The molecule has 0 bridgehead atoms. The number of carbonyl (C=O) groups excluding carboxylic acids is 1. The van der Waals surface area contributed by atoms with Crippen LogP contribution in [0.2, 0.25) is 0 Å². The summed E-state index contributed by atoms with van der Waals surface area (Å²) < 4.78 is 0. The Balaban J connectivity index is 1.60. The SMILES string of the molecule is N#Cc1cccc(/C=C/C(=O)N2CCCC(Nc3ccccc3)C2)c1. The van der Waals surface area contributed by atoms with E-state index in [1.54, 1.807) is 24.3 Å². The van der Waals surface area contributed by atoms with Crippen LogP contribution in [0.15, 0.2) is 60.7 Å². The van der Waals surface area contributed by atoms with Gasteiger partial charge in [-0.2, -0.15) is 5.26 Å². The molecule has 1 N–H and O–H groups in total. The lowest BCUT2D eigenvalue weighted by Gasteiger charge is -2.33. The molecule has 25 heavy (non-hydrogen) atoms. The predicted molar refractivity (Wildman–Crippen MR) is 99.9 cm³/mol. The first kappa shape index (κ1) is 16.8. The molecule has 0 spiro atoms. The van der Waals surface area contributed by atoms with E-state index in [2.05, 4.69) is 11.4 Å². The lowest BCUT2D eigenvalue weighted by molar-refractivity contribution is -0.126. The topological polar surface area (TPSA) is 56.1 Å². The number of nitriles is 1. The Morgan fingerprint density at radius 1 is 1.20 bits per heavy atom. The molecule has 0 saturated carbocycles. The Morgan fingerprint density at radius 3 is 2.84 bits per heavy atom. The average molecular weight is 331 g/mol. The van der Waals surface area contributed by atoms with Gasteiger partial charge in [-0.05, 0) is 48.7 Å². The van der Waals surface area contributed by atoms with Crippen molar-refractivity contribution in [2.75, 3.05) is 18.4 Å². The Labute approximate surface area is 148 Å². The minimum absolute atomic E-state index is 0.0157. The van der Waals surface area contributed by atoms with Crippen molar-refractivity contribution in [3.05, 3.63) is 71.8 Å². The van der Waals surface area contributed by atoms with Crippen LogP contribution >= 0.6 is 0 Å². The lowest BCUT2D eigenvalue weighted by Crippen LogP contribution is -2.44. The lowest BCUT2D eigenvalue weighted by atomic mass is 10.0. The summed E-state index contributed by atoms with van der Waals surface area (Å²) in [6.07, 6.45) is 5.43. The van der Waals surface area contributed by atoms with Crippen LogP contribution in [0.4, 0.5) is 5.69 Å². The number of hydrogen-bond acceptors (Lipinski definition) is 3. The van der Waals surface area contributed by atoms with Gasteiger partial charge in [0.1, 0.15) is 0 Å². The van der Waals surface area contributed by atoms with E-state index in [1.807, 2.05) is 47.4 Å². The van der Waals surface area contributed by atoms with Crippen LogP contribution in [-0.4, -0.2) is 29.9 Å². The molecule has 126 valence electrons. The zero-order valence-corrected chi connectivity index (χ0v) is 14.1. The molecular weight excluding hydrogens is 310 g/mol. The van der Waals surface area contributed by atoms with Crippen LogP contribution < -0.4 is 5.32 Å². The summed E-state index contributed by atoms with van der Waals surface area (Å²) in [5, 5.41) is 12.4. The number of carbonyl (C=O) groups is 1. The quantitative estimate of drug-likeness (QED) is 0.870. The second-order valence-electron chi connectivity index (χ2n) is 6.20. The van der Waals surface area contributed by atoms with E-state index >= 15 is 0 Å². The number of para-hydroxylation sites is 1. The molecule has 1 aliphatic heterocycles. The average Bonchev–Trinajstić information content (AvgIpc) is 2.67. The third-order valence-electron chi connectivity index (χ3n) is 4.31. The smallest absolute Gasteiger partial charge is 0.246 e. The molecule has 2 aromatic carbocycles. The number of nitrogens with zero attached hydrogens (tertiary/aromatic N) is 2. The Morgan fingerprint density at radius 2 is 2.04 bits per heavy atom. The van der Waals surface area contributed by atoms with Gasteiger partial charge in [0, 0.05) is 30.9 Å². The fraction of sp³-hybridized carbons (Fsp3) is 0.238. The largest absolute Gasteiger partial charge is 0.381 e. The Hall–Kier alpha value is -3.06. The molecular formula is C21H21N3O. The van der Waals surface area contributed by atoms with Gasteiger partial charge in [0.25, 0.3) is 0 Å². The highest BCUT2D eigenvalue weighted by Gasteiger charge is 2.22. The zero-order chi connectivity index (χ0) is 17.5. The molecule has 1 aliphatic rings. The highest BCUT2D eigenvalue weighted by Crippen LogP contribution is 2.16. The molecule has 2 aromatic rings. The van der Waals surface area contributed by atoms with Gasteiger partial charge in [-0.15, -0.1) is 0 Å². The first-order valence-corrected chi connectivity index (χ1v) is 8.53. The number of likely N-dealkylation sites (tertiary alicyclic amines) is 1. The van der Waals surface area contributed by atoms with E-state index in [1.165, 1.54) is 0 Å². The molecule has 1 fully saturated rings. The summed E-state index contributed by atoms with van der Waals surface area (Å²) in [7, 11) is 0. The third-order valence-corrected chi connectivity index (χ3v) is 4.31. The first-order chi connectivity index (χ1) is 12.2. The van der Waals surface area contributed by atoms with E-state index in [9.17, 15) is 4.79 Å².